The molecule has 2 aliphatic heterocycles. The second-order valence-electron chi connectivity index (χ2n) is 7.85. The summed E-state index contributed by atoms with van der Waals surface area (Å²) in [6, 6.07) is 16.4. The summed E-state index contributed by atoms with van der Waals surface area (Å²) in [4.78, 5) is 17.2. The fourth-order valence-electron chi connectivity index (χ4n) is 4.94. The summed E-state index contributed by atoms with van der Waals surface area (Å²) in [5.74, 6) is 1.60. The monoisotopic (exact) mass is 377 g/mol. The fraction of sp³-hybridized carbons (Fsp3) is 0.364. The second kappa shape index (κ2) is 6.95. The highest BCUT2D eigenvalue weighted by molar-refractivity contribution is 5.91. The van der Waals surface area contributed by atoms with Crippen molar-refractivity contribution in [2.45, 2.75) is 18.4 Å². The second-order valence-corrected chi connectivity index (χ2v) is 7.85. The maximum Gasteiger partial charge on any atom is 0.292 e. The number of hydrogen-bond acceptors (Lipinski definition) is 5. The van der Waals surface area contributed by atoms with E-state index in [2.05, 4.69) is 40.4 Å². The lowest BCUT2D eigenvalue weighted by Crippen LogP contribution is -2.51. The number of piperidine rings is 1. The standard InChI is InChI=1S/C22H23N3O3/c26-21(20-8-10-23-28-20)25-11-9-22(17-5-2-1-3-6-17)16-24(13-18(22)14-25)15-19-7-4-12-27-19/h1-8,10,12,18H,9,11,13-16H2/t18-,22-/m1/s1. The number of aromatic nitrogens is 1. The van der Waals surface area contributed by atoms with E-state index in [1.165, 1.54) is 11.8 Å². The quantitative estimate of drug-likeness (QED) is 0.699. The fourth-order valence-corrected chi connectivity index (χ4v) is 4.94. The van der Waals surface area contributed by atoms with Gasteiger partial charge in [0.1, 0.15) is 5.76 Å². The zero-order valence-corrected chi connectivity index (χ0v) is 15.7. The van der Waals surface area contributed by atoms with E-state index in [1.807, 2.05) is 17.0 Å². The Bertz CT molecular complexity index is 923. The van der Waals surface area contributed by atoms with Gasteiger partial charge in [-0.2, -0.15) is 0 Å². The van der Waals surface area contributed by atoms with E-state index in [4.69, 9.17) is 8.94 Å². The van der Waals surface area contributed by atoms with Crippen molar-refractivity contribution in [3.05, 3.63) is 78.1 Å². The van der Waals surface area contributed by atoms with Crippen LogP contribution in [0.3, 0.4) is 0 Å². The first-order valence-electron chi connectivity index (χ1n) is 9.75. The summed E-state index contributed by atoms with van der Waals surface area (Å²) in [5.41, 5.74) is 1.43. The summed E-state index contributed by atoms with van der Waals surface area (Å²) in [7, 11) is 0. The van der Waals surface area contributed by atoms with Crippen molar-refractivity contribution in [2.24, 2.45) is 5.92 Å². The molecule has 2 atom stereocenters. The molecule has 6 nitrogen and oxygen atoms in total. The van der Waals surface area contributed by atoms with Crippen LogP contribution in [0.2, 0.25) is 0 Å². The molecule has 2 aliphatic rings. The van der Waals surface area contributed by atoms with E-state index in [-0.39, 0.29) is 11.3 Å². The summed E-state index contributed by atoms with van der Waals surface area (Å²) < 4.78 is 10.7. The molecule has 0 aliphatic carbocycles. The summed E-state index contributed by atoms with van der Waals surface area (Å²) >= 11 is 0. The van der Waals surface area contributed by atoms with Crippen LogP contribution in [0.25, 0.3) is 0 Å². The average molecular weight is 377 g/mol. The lowest BCUT2D eigenvalue weighted by molar-refractivity contribution is 0.0562. The molecular formula is C22H23N3O3. The third kappa shape index (κ3) is 2.94. The highest BCUT2D eigenvalue weighted by atomic mass is 16.5. The molecule has 2 fully saturated rings. The third-order valence-corrected chi connectivity index (χ3v) is 6.28. The van der Waals surface area contributed by atoms with Gasteiger partial charge in [0.15, 0.2) is 0 Å². The summed E-state index contributed by atoms with van der Waals surface area (Å²) in [5, 5.41) is 3.68. The molecule has 0 N–H and O–H groups in total. The van der Waals surface area contributed by atoms with Crippen LogP contribution in [-0.4, -0.2) is 47.0 Å². The Labute approximate surface area is 163 Å². The minimum atomic E-state index is -0.0661. The number of carbonyl (C=O) groups excluding carboxylic acids is 1. The summed E-state index contributed by atoms with van der Waals surface area (Å²) in [6.07, 6.45) is 4.19. The van der Waals surface area contributed by atoms with Crippen molar-refractivity contribution >= 4 is 5.91 Å². The van der Waals surface area contributed by atoms with Crippen molar-refractivity contribution in [2.75, 3.05) is 26.2 Å². The lowest BCUT2D eigenvalue weighted by Gasteiger charge is -2.43. The number of amides is 1. The van der Waals surface area contributed by atoms with E-state index >= 15 is 0 Å². The number of fused-ring (bicyclic) bond motifs is 1. The van der Waals surface area contributed by atoms with Gasteiger partial charge in [-0.05, 0) is 24.1 Å². The molecule has 1 aromatic carbocycles. The predicted octanol–water partition coefficient (Wildman–Crippen LogP) is 3.18. The van der Waals surface area contributed by atoms with Crippen molar-refractivity contribution in [1.82, 2.24) is 15.0 Å². The van der Waals surface area contributed by atoms with Gasteiger partial charge in [-0.1, -0.05) is 35.5 Å². The molecule has 0 bridgehead atoms. The normalized spacial score (nSPS) is 25.0. The van der Waals surface area contributed by atoms with Gasteiger partial charge < -0.3 is 13.8 Å². The van der Waals surface area contributed by atoms with Gasteiger partial charge in [0, 0.05) is 43.6 Å². The number of likely N-dealkylation sites (tertiary alicyclic amines) is 2. The number of rotatable bonds is 4. The summed E-state index contributed by atoms with van der Waals surface area (Å²) in [6.45, 7) is 4.17. The third-order valence-electron chi connectivity index (χ3n) is 6.28. The SMILES string of the molecule is O=C(c1ccno1)N1CC[C@]2(c3ccccc3)CN(Cc3ccco3)C[C@@H]2C1. The smallest absolute Gasteiger partial charge is 0.292 e. The van der Waals surface area contributed by atoms with Crippen molar-refractivity contribution in [1.29, 1.82) is 0 Å². The number of carbonyl (C=O) groups is 1. The molecule has 0 radical (unpaired) electrons. The molecule has 4 heterocycles. The minimum absolute atomic E-state index is 0.0616. The Kier molecular flexibility index (Phi) is 4.28. The van der Waals surface area contributed by atoms with Gasteiger partial charge in [-0.3, -0.25) is 9.69 Å². The topological polar surface area (TPSA) is 62.7 Å². The molecule has 2 aromatic heterocycles. The van der Waals surface area contributed by atoms with Crippen LogP contribution in [-0.2, 0) is 12.0 Å². The first kappa shape index (κ1) is 17.3. The largest absolute Gasteiger partial charge is 0.468 e. The van der Waals surface area contributed by atoms with Crippen LogP contribution >= 0.6 is 0 Å². The zero-order valence-electron chi connectivity index (χ0n) is 15.7. The van der Waals surface area contributed by atoms with Gasteiger partial charge in [0.25, 0.3) is 5.91 Å². The molecule has 0 spiro atoms. The molecule has 1 amide bonds. The lowest BCUT2D eigenvalue weighted by atomic mass is 9.68. The highest BCUT2D eigenvalue weighted by Gasteiger charge is 2.51. The van der Waals surface area contributed by atoms with E-state index in [1.54, 1.807) is 12.3 Å². The van der Waals surface area contributed by atoms with Crippen LogP contribution in [0.5, 0.6) is 0 Å². The Morgan fingerprint density at radius 2 is 2.04 bits per heavy atom. The Morgan fingerprint density at radius 1 is 1.14 bits per heavy atom. The van der Waals surface area contributed by atoms with Gasteiger partial charge in [0.2, 0.25) is 5.76 Å². The molecule has 144 valence electrons. The first-order chi connectivity index (χ1) is 13.7. The van der Waals surface area contributed by atoms with E-state index < -0.39 is 0 Å². The van der Waals surface area contributed by atoms with Gasteiger partial charge in [0.05, 0.1) is 19.0 Å². The van der Waals surface area contributed by atoms with Crippen LogP contribution in [0.15, 0.2) is 69.9 Å². The highest BCUT2D eigenvalue weighted by Crippen LogP contribution is 2.45. The van der Waals surface area contributed by atoms with Gasteiger partial charge >= 0.3 is 0 Å². The van der Waals surface area contributed by atoms with E-state index in [9.17, 15) is 4.79 Å². The Morgan fingerprint density at radius 3 is 2.79 bits per heavy atom. The molecule has 0 saturated carbocycles. The Hall–Kier alpha value is -2.86. The number of hydrogen-bond donors (Lipinski definition) is 0. The van der Waals surface area contributed by atoms with Crippen molar-refractivity contribution in [3.8, 4) is 0 Å². The number of benzene rings is 1. The minimum Gasteiger partial charge on any atom is -0.468 e. The molecule has 3 aromatic rings. The molecule has 5 rings (SSSR count). The van der Waals surface area contributed by atoms with Crippen LogP contribution in [0.1, 0.15) is 28.3 Å². The van der Waals surface area contributed by atoms with Crippen molar-refractivity contribution in [3.63, 3.8) is 0 Å². The maximum absolute atomic E-state index is 12.8. The van der Waals surface area contributed by atoms with Gasteiger partial charge in [-0.15, -0.1) is 0 Å². The van der Waals surface area contributed by atoms with Crippen molar-refractivity contribution < 1.29 is 13.7 Å². The molecular weight excluding hydrogens is 354 g/mol. The average Bonchev–Trinajstić information content (AvgIpc) is 3.49. The number of nitrogens with zero attached hydrogens (tertiary/aromatic N) is 3. The van der Waals surface area contributed by atoms with E-state index in [0.717, 1.165) is 44.9 Å². The Balaban J connectivity index is 1.41. The molecule has 28 heavy (non-hydrogen) atoms. The van der Waals surface area contributed by atoms with E-state index in [0.29, 0.717) is 11.7 Å². The van der Waals surface area contributed by atoms with Crippen LogP contribution in [0, 0.1) is 5.92 Å². The zero-order chi connectivity index (χ0) is 19.0. The van der Waals surface area contributed by atoms with Crippen LogP contribution < -0.4 is 0 Å². The molecule has 0 unspecified atom stereocenters. The van der Waals surface area contributed by atoms with Crippen LogP contribution in [0.4, 0.5) is 0 Å². The van der Waals surface area contributed by atoms with Gasteiger partial charge in [-0.25, -0.2) is 0 Å². The maximum atomic E-state index is 12.8. The molecule has 6 heteroatoms. The predicted molar refractivity (Wildman–Crippen MR) is 103 cm³/mol. The molecule has 2 saturated heterocycles. The first-order valence-corrected chi connectivity index (χ1v) is 9.75. The number of furan rings is 1.